The van der Waals surface area contributed by atoms with Crippen molar-refractivity contribution in [1.29, 1.82) is 0 Å². The highest BCUT2D eigenvalue weighted by molar-refractivity contribution is 5.77. The summed E-state index contributed by atoms with van der Waals surface area (Å²) in [5.41, 5.74) is 0. The average molecular weight is 276 g/mol. The van der Waals surface area contributed by atoms with E-state index < -0.39 is 0 Å². The highest BCUT2D eigenvalue weighted by Crippen LogP contribution is 2.12. The fourth-order valence-electron chi connectivity index (χ4n) is 2.16. The third-order valence-corrected chi connectivity index (χ3v) is 3.30. The molecule has 5 heteroatoms. The lowest BCUT2D eigenvalue weighted by Crippen LogP contribution is -2.51. The first-order valence-corrected chi connectivity index (χ1v) is 7.00. The van der Waals surface area contributed by atoms with Crippen LogP contribution in [0.5, 0.6) is 5.75 Å². The van der Waals surface area contributed by atoms with Crippen molar-refractivity contribution in [2.24, 2.45) is 0 Å². The van der Waals surface area contributed by atoms with Gasteiger partial charge in [0.1, 0.15) is 5.75 Å². The summed E-state index contributed by atoms with van der Waals surface area (Å²) in [5, 5.41) is 0. The number of ether oxygens (including phenoxy) is 1. The predicted octanol–water partition coefficient (Wildman–Crippen LogP) is 2.13. The molecule has 2 rings (SSSR count). The fraction of sp³-hybridized carbons (Fsp3) is 0.467. The van der Waals surface area contributed by atoms with Crippen LogP contribution in [0.2, 0.25) is 0 Å². The molecule has 0 spiro atoms. The van der Waals surface area contributed by atoms with Crippen LogP contribution in [0, 0.1) is 0 Å². The lowest BCUT2D eigenvalue weighted by atomic mass is 10.2. The molecule has 0 N–H and O–H groups in total. The molecule has 0 atom stereocenters. The third-order valence-electron chi connectivity index (χ3n) is 3.30. The molecule has 0 aliphatic carbocycles. The van der Waals surface area contributed by atoms with Gasteiger partial charge in [-0.15, -0.1) is 0 Å². The van der Waals surface area contributed by atoms with Gasteiger partial charge in [0, 0.05) is 32.6 Å². The molecule has 108 valence electrons. The SMILES string of the molecule is CCCC(=O)N1CCN(C(=O)Oc2ccccc2)CC1. The number of carbonyl (C=O) groups excluding carboxylic acids is 2. The first-order chi connectivity index (χ1) is 9.70. The Labute approximate surface area is 119 Å². The molecule has 2 amide bonds. The molecule has 1 aliphatic heterocycles. The van der Waals surface area contributed by atoms with Crippen LogP contribution >= 0.6 is 0 Å². The van der Waals surface area contributed by atoms with E-state index in [0.717, 1.165) is 6.42 Å². The van der Waals surface area contributed by atoms with E-state index >= 15 is 0 Å². The Morgan fingerprint density at radius 1 is 1.05 bits per heavy atom. The highest BCUT2D eigenvalue weighted by atomic mass is 16.6. The van der Waals surface area contributed by atoms with E-state index in [9.17, 15) is 9.59 Å². The van der Waals surface area contributed by atoms with Crippen LogP contribution in [0.4, 0.5) is 4.79 Å². The van der Waals surface area contributed by atoms with Gasteiger partial charge in [-0.1, -0.05) is 25.1 Å². The lowest BCUT2D eigenvalue weighted by molar-refractivity contribution is -0.132. The quantitative estimate of drug-likeness (QED) is 0.849. The van der Waals surface area contributed by atoms with Gasteiger partial charge in [0.05, 0.1) is 0 Å². The standard InChI is InChI=1S/C15H20N2O3/c1-2-6-14(18)16-9-11-17(12-10-16)15(19)20-13-7-4-3-5-8-13/h3-5,7-8H,2,6,9-12H2,1H3. The number of piperazine rings is 1. The molecule has 1 aromatic carbocycles. The maximum absolute atomic E-state index is 12.0. The fourth-order valence-corrected chi connectivity index (χ4v) is 2.16. The second-order valence-electron chi connectivity index (χ2n) is 4.80. The monoisotopic (exact) mass is 276 g/mol. The van der Waals surface area contributed by atoms with Gasteiger partial charge in [-0.2, -0.15) is 0 Å². The normalized spacial score (nSPS) is 15.1. The number of para-hydroxylation sites is 1. The molecule has 1 fully saturated rings. The van der Waals surface area contributed by atoms with E-state index in [1.54, 1.807) is 17.0 Å². The molecule has 0 bridgehead atoms. The van der Waals surface area contributed by atoms with Gasteiger partial charge < -0.3 is 14.5 Å². The van der Waals surface area contributed by atoms with Gasteiger partial charge in [-0.05, 0) is 18.6 Å². The molecule has 1 aromatic rings. The number of hydrogen-bond acceptors (Lipinski definition) is 3. The average Bonchev–Trinajstić information content (AvgIpc) is 2.48. The smallest absolute Gasteiger partial charge is 0.410 e. The Morgan fingerprint density at radius 2 is 1.65 bits per heavy atom. The largest absolute Gasteiger partial charge is 0.415 e. The number of hydrogen-bond donors (Lipinski definition) is 0. The van der Waals surface area contributed by atoms with Crippen LogP contribution < -0.4 is 4.74 Å². The van der Waals surface area contributed by atoms with Crippen molar-refractivity contribution < 1.29 is 14.3 Å². The van der Waals surface area contributed by atoms with Crippen LogP contribution in [-0.4, -0.2) is 48.0 Å². The maximum Gasteiger partial charge on any atom is 0.415 e. The molecule has 1 saturated heterocycles. The van der Waals surface area contributed by atoms with Crippen LogP contribution in [0.15, 0.2) is 30.3 Å². The highest BCUT2D eigenvalue weighted by Gasteiger charge is 2.24. The molecule has 1 heterocycles. The van der Waals surface area contributed by atoms with E-state index in [4.69, 9.17) is 4.74 Å². The Morgan fingerprint density at radius 3 is 2.25 bits per heavy atom. The van der Waals surface area contributed by atoms with E-state index in [1.165, 1.54) is 0 Å². The molecular weight excluding hydrogens is 256 g/mol. The number of nitrogens with zero attached hydrogens (tertiary/aromatic N) is 2. The minimum Gasteiger partial charge on any atom is -0.410 e. The van der Waals surface area contributed by atoms with Crippen LogP contribution in [0.25, 0.3) is 0 Å². The van der Waals surface area contributed by atoms with Gasteiger partial charge in [0.15, 0.2) is 0 Å². The summed E-state index contributed by atoms with van der Waals surface area (Å²) in [6, 6.07) is 9.02. The second kappa shape index (κ2) is 6.93. The van der Waals surface area contributed by atoms with Crippen molar-refractivity contribution in [3.8, 4) is 5.75 Å². The van der Waals surface area contributed by atoms with Crippen LogP contribution in [-0.2, 0) is 4.79 Å². The summed E-state index contributed by atoms with van der Waals surface area (Å²) >= 11 is 0. The first-order valence-electron chi connectivity index (χ1n) is 7.00. The van der Waals surface area contributed by atoms with Crippen molar-refractivity contribution in [1.82, 2.24) is 9.80 Å². The van der Waals surface area contributed by atoms with Crippen molar-refractivity contribution >= 4 is 12.0 Å². The summed E-state index contributed by atoms with van der Waals surface area (Å²) in [6.45, 7) is 4.22. The minimum absolute atomic E-state index is 0.170. The topological polar surface area (TPSA) is 49.9 Å². The third kappa shape index (κ3) is 3.73. The van der Waals surface area contributed by atoms with Gasteiger partial charge >= 0.3 is 6.09 Å². The van der Waals surface area contributed by atoms with Gasteiger partial charge in [-0.3, -0.25) is 4.79 Å². The summed E-state index contributed by atoms with van der Waals surface area (Å²) in [6.07, 6.45) is 1.09. The molecule has 0 aromatic heterocycles. The predicted molar refractivity (Wildman–Crippen MR) is 75.5 cm³/mol. The lowest BCUT2D eigenvalue weighted by Gasteiger charge is -2.34. The molecule has 0 unspecified atom stereocenters. The van der Waals surface area contributed by atoms with E-state index in [2.05, 4.69) is 0 Å². The van der Waals surface area contributed by atoms with Crippen LogP contribution in [0.1, 0.15) is 19.8 Å². The Balaban J connectivity index is 1.81. The summed E-state index contributed by atoms with van der Waals surface area (Å²) in [5.74, 6) is 0.713. The van der Waals surface area contributed by atoms with E-state index in [0.29, 0.717) is 38.3 Å². The Kier molecular flexibility index (Phi) is 4.98. The molecule has 0 saturated carbocycles. The summed E-state index contributed by atoms with van der Waals surface area (Å²) in [7, 11) is 0. The number of benzene rings is 1. The second-order valence-corrected chi connectivity index (χ2v) is 4.80. The molecule has 5 nitrogen and oxygen atoms in total. The first kappa shape index (κ1) is 14.4. The maximum atomic E-state index is 12.0. The Hall–Kier alpha value is -2.04. The van der Waals surface area contributed by atoms with Gasteiger partial charge in [0.2, 0.25) is 5.91 Å². The van der Waals surface area contributed by atoms with E-state index in [-0.39, 0.29) is 12.0 Å². The number of carbonyl (C=O) groups is 2. The summed E-state index contributed by atoms with van der Waals surface area (Å²) < 4.78 is 5.28. The Bertz CT molecular complexity index is 453. The van der Waals surface area contributed by atoms with Crippen molar-refractivity contribution in [2.45, 2.75) is 19.8 Å². The van der Waals surface area contributed by atoms with Crippen molar-refractivity contribution in [3.63, 3.8) is 0 Å². The van der Waals surface area contributed by atoms with Crippen molar-refractivity contribution in [3.05, 3.63) is 30.3 Å². The number of amides is 2. The van der Waals surface area contributed by atoms with Crippen LogP contribution in [0.3, 0.4) is 0 Å². The zero-order valence-corrected chi connectivity index (χ0v) is 11.7. The molecular formula is C15H20N2O3. The number of rotatable bonds is 3. The molecule has 20 heavy (non-hydrogen) atoms. The zero-order chi connectivity index (χ0) is 14.4. The van der Waals surface area contributed by atoms with Gasteiger partial charge in [-0.25, -0.2) is 4.79 Å². The minimum atomic E-state index is -0.348. The van der Waals surface area contributed by atoms with Crippen molar-refractivity contribution in [2.75, 3.05) is 26.2 Å². The molecule has 1 aliphatic rings. The molecule has 0 radical (unpaired) electrons. The summed E-state index contributed by atoms with van der Waals surface area (Å²) in [4.78, 5) is 27.2. The van der Waals surface area contributed by atoms with E-state index in [1.807, 2.05) is 30.0 Å². The zero-order valence-electron chi connectivity index (χ0n) is 11.7. The van der Waals surface area contributed by atoms with Gasteiger partial charge in [0.25, 0.3) is 0 Å².